The fraction of sp³-hybridized carbons (Fsp3) is 0.214. The van der Waals surface area contributed by atoms with Gasteiger partial charge in [-0.25, -0.2) is 14.8 Å². The van der Waals surface area contributed by atoms with Crippen molar-refractivity contribution in [2.75, 3.05) is 5.73 Å². The van der Waals surface area contributed by atoms with E-state index in [0.29, 0.717) is 17.9 Å². The molecule has 2 aromatic rings. The molecule has 0 bridgehead atoms. The smallest absolute Gasteiger partial charge is 0.341 e. The highest BCUT2D eigenvalue weighted by molar-refractivity contribution is 5.93. The van der Waals surface area contributed by atoms with Crippen LogP contribution >= 0.6 is 0 Å². The lowest BCUT2D eigenvalue weighted by atomic mass is 10.1. The molecule has 3 N–H and O–H groups in total. The number of aromatic carboxylic acids is 1. The molecule has 0 aliphatic carbocycles. The first-order chi connectivity index (χ1) is 9.56. The van der Waals surface area contributed by atoms with Gasteiger partial charge in [0.1, 0.15) is 17.1 Å². The van der Waals surface area contributed by atoms with Gasteiger partial charge in [0.25, 0.3) is 0 Å². The highest BCUT2D eigenvalue weighted by atomic mass is 16.5. The number of nitrogens with two attached hydrogens (primary N) is 1. The van der Waals surface area contributed by atoms with Crippen LogP contribution in [0.15, 0.2) is 24.3 Å². The normalized spacial score (nSPS) is 16.6. The summed E-state index contributed by atoms with van der Waals surface area (Å²) in [6.45, 7) is 1.60. The van der Waals surface area contributed by atoms with Crippen molar-refractivity contribution in [3.8, 4) is 5.75 Å². The second-order valence-electron chi connectivity index (χ2n) is 4.65. The summed E-state index contributed by atoms with van der Waals surface area (Å²) >= 11 is 0. The summed E-state index contributed by atoms with van der Waals surface area (Å²) in [4.78, 5) is 19.4. The molecule has 1 aromatic heterocycles. The van der Waals surface area contributed by atoms with Gasteiger partial charge in [-0.1, -0.05) is 18.2 Å². The summed E-state index contributed by atoms with van der Waals surface area (Å²) in [5, 5.41) is 9.05. The van der Waals surface area contributed by atoms with E-state index < -0.39 is 5.97 Å². The minimum absolute atomic E-state index is 0.0282. The Hall–Kier alpha value is -2.63. The van der Waals surface area contributed by atoms with Gasteiger partial charge in [-0.2, -0.15) is 0 Å². The maximum Gasteiger partial charge on any atom is 0.341 e. The summed E-state index contributed by atoms with van der Waals surface area (Å²) in [5.41, 5.74) is 7.09. The van der Waals surface area contributed by atoms with Gasteiger partial charge in [0.05, 0.1) is 5.69 Å². The van der Waals surface area contributed by atoms with Crippen molar-refractivity contribution in [2.45, 2.75) is 19.4 Å². The number of nitrogen functional groups attached to an aromatic ring is 1. The molecule has 3 rings (SSSR count). The third-order valence-corrected chi connectivity index (χ3v) is 3.28. The Bertz CT molecular complexity index is 652. The molecule has 102 valence electrons. The number of hydrogen-bond donors (Lipinski definition) is 2. The Morgan fingerprint density at radius 2 is 2.15 bits per heavy atom. The topological polar surface area (TPSA) is 98.3 Å². The van der Waals surface area contributed by atoms with Crippen molar-refractivity contribution >= 4 is 11.8 Å². The zero-order chi connectivity index (χ0) is 14.3. The molecule has 1 aliphatic heterocycles. The monoisotopic (exact) mass is 271 g/mol. The zero-order valence-electron chi connectivity index (χ0n) is 10.8. The summed E-state index contributed by atoms with van der Waals surface area (Å²) < 4.78 is 5.78. The average molecular weight is 271 g/mol. The van der Waals surface area contributed by atoms with Crippen LogP contribution in [0.4, 0.5) is 5.82 Å². The van der Waals surface area contributed by atoms with Gasteiger partial charge in [-0.05, 0) is 18.6 Å². The Morgan fingerprint density at radius 1 is 1.40 bits per heavy atom. The quantitative estimate of drug-likeness (QED) is 0.863. The number of anilines is 1. The molecule has 2 heterocycles. The molecule has 6 heteroatoms. The van der Waals surface area contributed by atoms with E-state index in [1.165, 1.54) is 0 Å². The molecular weight excluding hydrogens is 258 g/mol. The first kappa shape index (κ1) is 12.4. The van der Waals surface area contributed by atoms with Crippen molar-refractivity contribution < 1.29 is 14.6 Å². The Balaban J connectivity index is 1.96. The molecule has 1 aliphatic rings. The molecule has 0 saturated carbocycles. The van der Waals surface area contributed by atoms with Gasteiger partial charge in [0.15, 0.2) is 11.9 Å². The van der Waals surface area contributed by atoms with E-state index in [-0.39, 0.29) is 17.5 Å². The number of aromatic nitrogens is 2. The minimum atomic E-state index is -1.12. The zero-order valence-corrected chi connectivity index (χ0v) is 10.8. The lowest BCUT2D eigenvalue weighted by Gasteiger charge is -2.12. The second-order valence-corrected chi connectivity index (χ2v) is 4.65. The Morgan fingerprint density at radius 3 is 2.80 bits per heavy atom. The number of hydrogen-bond acceptors (Lipinski definition) is 5. The maximum atomic E-state index is 11.1. The standard InChI is InChI=1S/C14H13N3O3/c1-7-11(14(18)19)12(15)17-13(16-7)10-6-8-4-2-3-5-9(8)20-10/h2-5,10H,6H2,1H3,(H,18,19)(H2,15,16,17). The molecule has 0 radical (unpaired) electrons. The van der Waals surface area contributed by atoms with Crippen molar-refractivity contribution in [3.05, 3.63) is 46.9 Å². The van der Waals surface area contributed by atoms with Crippen LogP contribution in [-0.4, -0.2) is 21.0 Å². The van der Waals surface area contributed by atoms with Gasteiger partial charge >= 0.3 is 5.97 Å². The molecular formula is C14H13N3O3. The molecule has 1 aromatic carbocycles. The van der Waals surface area contributed by atoms with Crippen molar-refractivity contribution in [2.24, 2.45) is 0 Å². The second kappa shape index (κ2) is 4.48. The van der Waals surface area contributed by atoms with Crippen LogP contribution < -0.4 is 10.5 Å². The highest BCUT2D eigenvalue weighted by Crippen LogP contribution is 2.35. The van der Waals surface area contributed by atoms with Crippen molar-refractivity contribution in [1.82, 2.24) is 9.97 Å². The van der Waals surface area contributed by atoms with E-state index in [1.54, 1.807) is 6.92 Å². The average Bonchev–Trinajstić information content (AvgIpc) is 2.81. The van der Waals surface area contributed by atoms with E-state index >= 15 is 0 Å². The summed E-state index contributed by atoms with van der Waals surface area (Å²) in [5.74, 6) is 0.0718. The Labute approximate surface area is 115 Å². The van der Waals surface area contributed by atoms with E-state index in [0.717, 1.165) is 11.3 Å². The van der Waals surface area contributed by atoms with E-state index in [1.807, 2.05) is 24.3 Å². The largest absolute Gasteiger partial charge is 0.482 e. The number of ether oxygens (including phenoxy) is 1. The van der Waals surface area contributed by atoms with Crippen LogP contribution in [0, 0.1) is 6.92 Å². The molecule has 0 amide bonds. The van der Waals surface area contributed by atoms with Crippen molar-refractivity contribution in [1.29, 1.82) is 0 Å². The third kappa shape index (κ3) is 1.95. The molecule has 0 spiro atoms. The van der Waals surface area contributed by atoms with Crippen LogP contribution in [0.3, 0.4) is 0 Å². The lowest BCUT2D eigenvalue weighted by Crippen LogP contribution is -2.15. The van der Waals surface area contributed by atoms with Crippen LogP contribution in [0.25, 0.3) is 0 Å². The fourth-order valence-corrected chi connectivity index (χ4v) is 2.35. The number of benzene rings is 1. The molecule has 20 heavy (non-hydrogen) atoms. The maximum absolute atomic E-state index is 11.1. The number of carbonyl (C=O) groups is 1. The highest BCUT2D eigenvalue weighted by Gasteiger charge is 2.28. The fourth-order valence-electron chi connectivity index (χ4n) is 2.35. The van der Waals surface area contributed by atoms with E-state index in [2.05, 4.69) is 9.97 Å². The number of nitrogens with zero attached hydrogens (tertiary/aromatic N) is 2. The SMILES string of the molecule is Cc1nc(C2Cc3ccccc3O2)nc(N)c1C(=O)O. The molecule has 1 atom stereocenters. The van der Waals surface area contributed by atoms with Crippen LogP contribution in [0.1, 0.15) is 33.5 Å². The lowest BCUT2D eigenvalue weighted by molar-refractivity contribution is 0.0696. The summed E-state index contributed by atoms with van der Waals surface area (Å²) in [6.07, 6.45) is 0.331. The van der Waals surface area contributed by atoms with E-state index in [9.17, 15) is 4.79 Å². The van der Waals surface area contributed by atoms with Gasteiger partial charge in [-0.3, -0.25) is 0 Å². The van der Waals surface area contributed by atoms with Gasteiger partial charge in [-0.15, -0.1) is 0 Å². The van der Waals surface area contributed by atoms with E-state index in [4.69, 9.17) is 15.6 Å². The van der Waals surface area contributed by atoms with Crippen LogP contribution in [0.5, 0.6) is 5.75 Å². The molecule has 1 unspecified atom stereocenters. The van der Waals surface area contributed by atoms with Crippen LogP contribution in [-0.2, 0) is 6.42 Å². The Kier molecular flexibility index (Phi) is 2.78. The number of aryl methyl sites for hydroxylation is 1. The number of para-hydroxylation sites is 1. The first-order valence-corrected chi connectivity index (χ1v) is 6.18. The number of carboxylic acids is 1. The minimum Gasteiger partial charge on any atom is -0.482 e. The van der Waals surface area contributed by atoms with Gasteiger partial charge in [0, 0.05) is 6.42 Å². The molecule has 6 nitrogen and oxygen atoms in total. The first-order valence-electron chi connectivity index (χ1n) is 6.18. The predicted octanol–water partition coefficient (Wildman–Crippen LogP) is 1.74. The molecule has 0 fully saturated rings. The van der Waals surface area contributed by atoms with Crippen LogP contribution in [0.2, 0.25) is 0 Å². The third-order valence-electron chi connectivity index (χ3n) is 3.28. The molecule has 0 saturated heterocycles. The number of carboxylic acid groups (broad SMARTS) is 1. The summed E-state index contributed by atoms with van der Waals surface area (Å²) in [7, 11) is 0. The van der Waals surface area contributed by atoms with Gasteiger partial charge in [0.2, 0.25) is 0 Å². The number of fused-ring (bicyclic) bond motifs is 1. The van der Waals surface area contributed by atoms with Crippen molar-refractivity contribution in [3.63, 3.8) is 0 Å². The van der Waals surface area contributed by atoms with Gasteiger partial charge < -0.3 is 15.6 Å². The summed E-state index contributed by atoms with van der Waals surface area (Å²) in [6, 6.07) is 7.71. The number of rotatable bonds is 2. The predicted molar refractivity (Wildman–Crippen MR) is 71.7 cm³/mol.